The zero-order valence-corrected chi connectivity index (χ0v) is 21.3. The minimum atomic E-state index is -1.86. The number of ether oxygens (including phenoxy) is 3. The Morgan fingerprint density at radius 1 is 1.17 bits per heavy atom. The van der Waals surface area contributed by atoms with Crippen molar-refractivity contribution < 1.29 is 18.6 Å². The Hall–Kier alpha value is -1.14. The third-order valence-corrected chi connectivity index (χ3v) is 10.7. The van der Waals surface area contributed by atoms with Gasteiger partial charge in [0.05, 0.1) is 32.0 Å². The van der Waals surface area contributed by atoms with Gasteiger partial charge in [-0.15, -0.1) is 0 Å². The van der Waals surface area contributed by atoms with Gasteiger partial charge < -0.3 is 18.6 Å². The number of benzene rings is 1. The van der Waals surface area contributed by atoms with E-state index in [-0.39, 0.29) is 23.4 Å². The molecule has 0 spiro atoms. The Kier molecular flexibility index (Phi) is 9.16. The van der Waals surface area contributed by atoms with Gasteiger partial charge in [-0.2, -0.15) is 0 Å². The third-order valence-electron chi connectivity index (χ3n) is 6.25. The number of hydrogen-bond acceptors (Lipinski definition) is 4. The highest BCUT2D eigenvalue weighted by atomic mass is 28.4. The van der Waals surface area contributed by atoms with Crippen molar-refractivity contribution in [3.8, 4) is 5.75 Å². The number of rotatable bonds is 10. The standard InChI is InChI=1S/C25H42O4Si/c1-19(2)17-24(29-30(7,8)25(3,4)5)23-14-13-22(28-23)15-16-27-18-20-9-11-21(26-6)12-10-20/h9-12,17,22-24H,13-16,18H2,1-8H3/t22-,23-,24-/m1/s1. The second-order valence-electron chi connectivity index (χ2n) is 10.2. The van der Waals surface area contributed by atoms with E-state index >= 15 is 0 Å². The summed E-state index contributed by atoms with van der Waals surface area (Å²) in [6.07, 6.45) is 5.74. The van der Waals surface area contributed by atoms with E-state index in [1.54, 1.807) is 7.11 Å². The second-order valence-corrected chi connectivity index (χ2v) is 14.9. The molecule has 1 aromatic carbocycles. The summed E-state index contributed by atoms with van der Waals surface area (Å²) >= 11 is 0. The molecule has 0 N–H and O–H groups in total. The van der Waals surface area contributed by atoms with Gasteiger partial charge in [0.2, 0.25) is 0 Å². The highest BCUT2D eigenvalue weighted by Crippen LogP contribution is 2.39. The largest absolute Gasteiger partial charge is 0.497 e. The molecule has 1 heterocycles. The first-order chi connectivity index (χ1) is 14.0. The molecule has 0 saturated carbocycles. The molecule has 0 radical (unpaired) electrons. The summed E-state index contributed by atoms with van der Waals surface area (Å²) in [6, 6.07) is 8.02. The van der Waals surface area contributed by atoms with Crippen LogP contribution in [0.2, 0.25) is 18.1 Å². The molecule has 0 bridgehead atoms. The molecule has 2 rings (SSSR count). The van der Waals surface area contributed by atoms with Crippen LogP contribution in [-0.4, -0.2) is 40.3 Å². The maximum Gasteiger partial charge on any atom is 0.193 e. The molecule has 3 atom stereocenters. The van der Waals surface area contributed by atoms with Crippen LogP contribution in [0.1, 0.15) is 59.4 Å². The van der Waals surface area contributed by atoms with Crippen molar-refractivity contribution in [2.24, 2.45) is 0 Å². The molecule has 0 aromatic heterocycles. The lowest BCUT2D eigenvalue weighted by atomic mass is 10.1. The minimum absolute atomic E-state index is 0.0427. The molecule has 1 fully saturated rings. The summed E-state index contributed by atoms with van der Waals surface area (Å²) in [5.41, 5.74) is 2.45. The molecule has 4 nitrogen and oxygen atoms in total. The molecule has 0 unspecified atom stereocenters. The Balaban J connectivity index is 1.83. The summed E-state index contributed by atoms with van der Waals surface area (Å²) in [7, 11) is -0.178. The highest BCUT2D eigenvalue weighted by molar-refractivity contribution is 6.74. The molecule has 1 aliphatic heterocycles. The monoisotopic (exact) mass is 434 g/mol. The van der Waals surface area contributed by atoms with Gasteiger partial charge in [-0.3, -0.25) is 0 Å². The predicted octanol–water partition coefficient (Wildman–Crippen LogP) is 6.51. The van der Waals surface area contributed by atoms with E-state index in [1.807, 2.05) is 24.3 Å². The Morgan fingerprint density at radius 2 is 1.83 bits per heavy atom. The second kappa shape index (κ2) is 10.9. The maximum absolute atomic E-state index is 6.74. The maximum atomic E-state index is 6.74. The molecule has 1 aromatic rings. The molecule has 0 amide bonds. The molecule has 5 heteroatoms. The zero-order chi connectivity index (χ0) is 22.4. The SMILES string of the molecule is COc1ccc(COCC[C@H]2CC[C@H]([C@@H](C=C(C)C)O[Si](C)(C)C(C)(C)C)O2)cc1. The molecule has 1 saturated heterocycles. The lowest BCUT2D eigenvalue weighted by Crippen LogP contribution is -2.46. The summed E-state index contributed by atoms with van der Waals surface area (Å²) in [4.78, 5) is 0. The smallest absolute Gasteiger partial charge is 0.193 e. The lowest BCUT2D eigenvalue weighted by molar-refractivity contribution is -0.0245. The van der Waals surface area contributed by atoms with Crippen molar-refractivity contribution in [2.45, 2.75) is 96.9 Å². The van der Waals surface area contributed by atoms with Crippen LogP contribution in [0.25, 0.3) is 0 Å². The minimum Gasteiger partial charge on any atom is -0.497 e. The van der Waals surface area contributed by atoms with E-state index in [1.165, 1.54) is 5.57 Å². The van der Waals surface area contributed by atoms with Gasteiger partial charge >= 0.3 is 0 Å². The van der Waals surface area contributed by atoms with Gasteiger partial charge in [0.25, 0.3) is 0 Å². The number of methoxy groups -OCH3 is 1. The van der Waals surface area contributed by atoms with Gasteiger partial charge in [-0.1, -0.05) is 44.6 Å². The van der Waals surface area contributed by atoms with Crippen molar-refractivity contribution in [2.75, 3.05) is 13.7 Å². The number of allylic oxidation sites excluding steroid dienone is 1. The van der Waals surface area contributed by atoms with Gasteiger partial charge in [-0.05, 0) is 68.9 Å². The molecular formula is C25H42O4Si. The third kappa shape index (κ3) is 7.52. The Labute approximate surface area is 185 Å². The fraction of sp³-hybridized carbons (Fsp3) is 0.680. The zero-order valence-electron chi connectivity index (χ0n) is 20.3. The van der Waals surface area contributed by atoms with Crippen LogP contribution >= 0.6 is 0 Å². The normalized spacial score (nSPS) is 20.8. The van der Waals surface area contributed by atoms with Crippen LogP contribution in [0, 0.1) is 0 Å². The first-order valence-electron chi connectivity index (χ1n) is 11.2. The van der Waals surface area contributed by atoms with E-state index in [0.717, 1.165) is 30.6 Å². The molecule has 0 aliphatic carbocycles. The van der Waals surface area contributed by atoms with E-state index in [9.17, 15) is 0 Å². The average molecular weight is 435 g/mol. The van der Waals surface area contributed by atoms with Crippen LogP contribution in [0.5, 0.6) is 5.75 Å². The Bertz CT molecular complexity index is 671. The van der Waals surface area contributed by atoms with Gasteiger partial charge in [-0.25, -0.2) is 0 Å². The van der Waals surface area contributed by atoms with Crippen molar-refractivity contribution in [1.29, 1.82) is 0 Å². The quantitative estimate of drug-likeness (QED) is 0.239. The van der Waals surface area contributed by atoms with Crippen molar-refractivity contribution >= 4 is 8.32 Å². The van der Waals surface area contributed by atoms with E-state index in [2.05, 4.69) is 53.8 Å². The van der Waals surface area contributed by atoms with Gasteiger partial charge in [0.1, 0.15) is 5.75 Å². The molecule has 30 heavy (non-hydrogen) atoms. The van der Waals surface area contributed by atoms with Crippen molar-refractivity contribution in [3.63, 3.8) is 0 Å². The van der Waals surface area contributed by atoms with E-state index in [0.29, 0.717) is 13.2 Å². The van der Waals surface area contributed by atoms with Crippen molar-refractivity contribution in [1.82, 2.24) is 0 Å². The van der Waals surface area contributed by atoms with Crippen molar-refractivity contribution in [3.05, 3.63) is 41.5 Å². The summed E-state index contributed by atoms with van der Waals surface area (Å²) in [5.74, 6) is 0.870. The highest BCUT2D eigenvalue weighted by Gasteiger charge is 2.41. The summed E-state index contributed by atoms with van der Waals surface area (Å²) in [5, 5.41) is 0.189. The molecule has 1 aliphatic rings. The van der Waals surface area contributed by atoms with Crippen LogP contribution in [0.15, 0.2) is 35.9 Å². The van der Waals surface area contributed by atoms with Gasteiger partial charge in [0.15, 0.2) is 8.32 Å². The van der Waals surface area contributed by atoms with Gasteiger partial charge in [0, 0.05) is 6.61 Å². The van der Waals surface area contributed by atoms with Crippen LogP contribution < -0.4 is 4.74 Å². The lowest BCUT2D eigenvalue weighted by Gasteiger charge is -2.40. The fourth-order valence-corrected chi connectivity index (χ4v) is 4.63. The Morgan fingerprint density at radius 3 is 2.40 bits per heavy atom. The summed E-state index contributed by atoms with van der Waals surface area (Å²) < 4.78 is 24.2. The van der Waals surface area contributed by atoms with Crippen LogP contribution in [0.4, 0.5) is 0 Å². The first kappa shape index (κ1) is 25.1. The molecular weight excluding hydrogens is 392 g/mol. The average Bonchev–Trinajstić information content (AvgIpc) is 3.13. The number of hydrogen-bond donors (Lipinski definition) is 0. The van der Waals surface area contributed by atoms with Crippen LogP contribution in [0.3, 0.4) is 0 Å². The van der Waals surface area contributed by atoms with E-state index in [4.69, 9.17) is 18.6 Å². The van der Waals surface area contributed by atoms with E-state index < -0.39 is 8.32 Å². The summed E-state index contributed by atoms with van der Waals surface area (Å²) in [6.45, 7) is 17.1. The topological polar surface area (TPSA) is 36.9 Å². The first-order valence-corrected chi connectivity index (χ1v) is 14.1. The fourth-order valence-electron chi connectivity index (χ4n) is 3.38. The predicted molar refractivity (Wildman–Crippen MR) is 127 cm³/mol. The van der Waals surface area contributed by atoms with Crippen LogP contribution in [-0.2, 0) is 20.5 Å². The molecule has 170 valence electrons.